The Kier molecular flexibility index (Phi) is 4.78. The number of H-pyrrole nitrogens is 1. The molecular weight excluding hydrogens is 453 g/mol. The molecule has 1 saturated heterocycles. The van der Waals surface area contributed by atoms with Gasteiger partial charge in [-0.15, -0.1) is 5.10 Å². The van der Waals surface area contributed by atoms with Crippen LogP contribution in [0, 0.1) is 5.82 Å². The van der Waals surface area contributed by atoms with Crippen LogP contribution in [-0.4, -0.2) is 54.7 Å². The largest absolute Gasteiger partial charge is 0.360 e. The molecule has 1 aliphatic heterocycles. The Morgan fingerprint density at radius 3 is 2.80 bits per heavy atom. The highest BCUT2D eigenvalue weighted by molar-refractivity contribution is 9.10. The van der Waals surface area contributed by atoms with Crippen molar-refractivity contribution in [2.45, 2.75) is 32.5 Å². The van der Waals surface area contributed by atoms with E-state index >= 15 is 0 Å². The van der Waals surface area contributed by atoms with Gasteiger partial charge in [0.1, 0.15) is 15.9 Å². The summed E-state index contributed by atoms with van der Waals surface area (Å²) in [6.07, 6.45) is 1.69. The number of piperazine rings is 1. The number of aromatic amines is 1. The van der Waals surface area contributed by atoms with Crippen LogP contribution in [0.4, 0.5) is 16.2 Å². The van der Waals surface area contributed by atoms with E-state index in [9.17, 15) is 4.39 Å². The van der Waals surface area contributed by atoms with Gasteiger partial charge in [0.2, 0.25) is 5.95 Å². The predicted octanol–water partition coefficient (Wildman–Crippen LogP) is 2.70. The highest BCUT2D eigenvalue weighted by atomic mass is 79.9. The highest BCUT2D eigenvalue weighted by Crippen LogP contribution is 2.23. The van der Waals surface area contributed by atoms with Crippen LogP contribution in [0.5, 0.6) is 0 Å². The van der Waals surface area contributed by atoms with Crippen LogP contribution in [0.1, 0.15) is 19.7 Å². The minimum atomic E-state index is -0.346. The number of anilines is 2. The van der Waals surface area contributed by atoms with Crippen LogP contribution in [0.25, 0.3) is 16.7 Å². The molecule has 0 bridgehead atoms. The van der Waals surface area contributed by atoms with Crippen LogP contribution in [-0.2, 0) is 6.54 Å². The van der Waals surface area contributed by atoms with Crippen molar-refractivity contribution in [1.82, 2.24) is 34.9 Å². The number of rotatable bonds is 4. The molecule has 5 rings (SSSR count). The summed E-state index contributed by atoms with van der Waals surface area (Å²) in [5.74, 6) is 1.48. The Bertz CT molecular complexity index is 1210. The first-order valence-corrected chi connectivity index (χ1v) is 10.6. The standard InChI is InChI=1S/C19H21BrFN9/c1-10-8-29(9-11(2)24-10)19-27-17(18-23-6-14(20)30(18)28-19)22-7-15-25-13-5-3-4-12(21)16(13)26-15/h3-6,10-11,24H,7-9H2,1-2H3,(H,25,26)(H,22,27,28)/t10-,11+. The zero-order valence-electron chi connectivity index (χ0n) is 16.5. The lowest BCUT2D eigenvalue weighted by molar-refractivity contribution is 0.402. The molecule has 9 nitrogen and oxygen atoms in total. The first kappa shape index (κ1) is 19.2. The quantitative estimate of drug-likeness (QED) is 0.418. The van der Waals surface area contributed by atoms with Crippen LogP contribution >= 0.6 is 15.9 Å². The summed E-state index contributed by atoms with van der Waals surface area (Å²) in [5, 5.41) is 11.5. The van der Waals surface area contributed by atoms with Gasteiger partial charge in [0, 0.05) is 25.2 Å². The van der Waals surface area contributed by atoms with Crippen molar-refractivity contribution < 1.29 is 4.39 Å². The second-order valence-corrected chi connectivity index (χ2v) is 8.44. The molecule has 0 aliphatic carbocycles. The number of halogens is 2. The van der Waals surface area contributed by atoms with E-state index in [2.05, 4.69) is 65.4 Å². The molecule has 3 N–H and O–H groups in total. The number of nitrogens with one attached hydrogen (secondary N) is 3. The Labute approximate surface area is 180 Å². The minimum Gasteiger partial charge on any atom is -0.360 e. The number of fused-ring (bicyclic) bond motifs is 2. The van der Waals surface area contributed by atoms with Crippen LogP contribution in [0.15, 0.2) is 29.0 Å². The molecule has 156 valence electrons. The Balaban J connectivity index is 1.47. The lowest BCUT2D eigenvalue weighted by atomic mass is 10.1. The molecule has 1 aliphatic rings. The minimum absolute atomic E-state index is 0.329. The highest BCUT2D eigenvalue weighted by Gasteiger charge is 2.24. The molecule has 11 heteroatoms. The zero-order chi connectivity index (χ0) is 20.8. The zero-order valence-corrected chi connectivity index (χ0v) is 18.1. The van der Waals surface area contributed by atoms with E-state index < -0.39 is 0 Å². The summed E-state index contributed by atoms with van der Waals surface area (Å²) in [6.45, 7) is 6.26. The van der Waals surface area contributed by atoms with Gasteiger partial charge in [-0.25, -0.2) is 14.4 Å². The van der Waals surface area contributed by atoms with Crippen molar-refractivity contribution in [3.8, 4) is 0 Å². The van der Waals surface area contributed by atoms with Crippen molar-refractivity contribution in [1.29, 1.82) is 0 Å². The Morgan fingerprint density at radius 2 is 2.03 bits per heavy atom. The third-order valence-corrected chi connectivity index (χ3v) is 5.63. The normalized spacial score (nSPS) is 19.7. The number of aromatic nitrogens is 6. The van der Waals surface area contributed by atoms with Gasteiger partial charge in [0.05, 0.1) is 18.3 Å². The number of imidazole rings is 2. The van der Waals surface area contributed by atoms with Crippen molar-refractivity contribution in [2.75, 3.05) is 23.3 Å². The van der Waals surface area contributed by atoms with Gasteiger partial charge in [-0.05, 0) is 41.9 Å². The second-order valence-electron chi connectivity index (χ2n) is 7.62. The number of hydrogen-bond donors (Lipinski definition) is 3. The van der Waals surface area contributed by atoms with E-state index in [1.807, 2.05) is 0 Å². The summed E-state index contributed by atoms with van der Waals surface area (Å²) in [4.78, 5) is 18.8. The van der Waals surface area contributed by atoms with E-state index in [0.717, 1.165) is 17.7 Å². The van der Waals surface area contributed by atoms with Gasteiger partial charge in [0.25, 0.3) is 0 Å². The van der Waals surface area contributed by atoms with Crippen molar-refractivity contribution in [3.63, 3.8) is 0 Å². The molecule has 0 spiro atoms. The summed E-state index contributed by atoms with van der Waals surface area (Å²) in [5.41, 5.74) is 1.59. The SMILES string of the molecule is C[C@@H]1CN(c2nc(NCc3nc4c(F)cccc4[nH]3)c3ncc(Br)n3n2)C[C@H](C)N1. The fraction of sp³-hybridized carbons (Fsp3) is 0.368. The van der Waals surface area contributed by atoms with E-state index in [4.69, 9.17) is 4.98 Å². The number of hydrogen-bond acceptors (Lipinski definition) is 7. The third-order valence-electron chi connectivity index (χ3n) is 5.09. The maximum atomic E-state index is 13.9. The first-order chi connectivity index (χ1) is 14.5. The van der Waals surface area contributed by atoms with Gasteiger partial charge in [-0.1, -0.05) is 6.07 Å². The fourth-order valence-corrected chi connectivity index (χ4v) is 4.23. The second kappa shape index (κ2) is 7.47. The van der Waals surface area contributed by atoms with E-state index in [0.29, 0.717) is 52.9 Å². The Hall–Kier alpha value is -2.79. The molecule has 4 aromatic rings. The Morgan fingerprint density at radius 1 is 1.23 bits per heavy atom. The molecule has 1 aromatic carbocycles. The van der Waals surface area contributed by atoms with Crippen molar-refractivity contribution >= 4 is 44.4 Å². The average Bonchev–Trinajstić information content (AvgIpc) is 3.30. The fourth-order valence-electron chi connectivity index (χ4n) is 3.89. The molecule has 30 heavy (non-hydrogen) atoms. The summed E-state index contributed by atoms with van der Waals surface area (Å²) < 4.78 is 16.4. The monoisotopic (exact) mass is 473 g/mol. The summed E-state index contributed by atoms with van der Waals surface area (Å²) >= 11 is 3.50. The number of benzene rings is 1. The van der Waals surface area contributed by atoms with Crippen LogP contribution < -0.4 is 15.5 Å². The van der Waals surface area contributed by atoms with Crippen LogP contribution in [0.2, 0.25) is 0 Å². The predicted molar refractivity (Wildman–Crippen MR) is 116 cm³/mol. The smallest absolute Gasteiger partial charge is 0.245 e. The molecule has 0 unspecified atom stereocenters. The van der Waals surface area contributed by atoms with E-state index in [1.165, 1.54) is 6.07 Å². The average molecular weight is 474 g/mol. The van der Waals surface area contributed by atoms with E-state index in [1.54, 1.807) is 22.8 Å². The molecule has 0 saturated carbocycles. The van der Waals surface area contributed by atoms with Gasteiger partial charge < -0.3 is 20.5 Å². The molecule has 4 heterocycles. The lowest BCUT2D eigenvalue weighted by Crippen LogP contribution is -2.54. The van der Waals surface area contributed by atoms with Crippen molar-refractivity contribution in [3.05, 3.63) is 40.6 Å². The molecule has 0 amide bonds. The van der Waals surface area contributed by atoms with Gasteiger partial charge in [-0.2, -0.15) is 9.50 Å². The van der Waals surface area contributed by atoms with Gasteiger partial charge in [-0.3, -0.25) is 0 Å². The first-order valence-electron chi connectivity index (χ1n) is 9.77. The number of nitrogens with zero attached hydrogens (tertiary/aromatic N) is 6. The topological polar surface area (TPSA) is 99.1 Å². The summed E-state index contributed by atoms with van der Waals surface area (Å²) in [7, 11) is 0. The third kappa shape index (κ3) is 3.47. The molecule has 2 atom stereocenters. The molecule has 0 radical (unpaired) electrons. The molecular formula is C19H21BrFN9. The number of para-hydroxylation sites is 1. The molecule has 3 aromatic heterocycles. The van der Waals surface area contributed by atoms with Crippen LogP contribution in [0.3, 0.4) is 0 Å². The lowest BCUT2D eigenvalue weighted by Gasteiger charge is -2.36. The van der Waals surface area contributed by atoms with Gasteiger partial charge in [0.15, 0.2) is 17.3 Å². The maximum absolute atomic E-state index is 13.9. The van der Waals surface area contributed by atoms with Gasteiger partial charge >= 0.3 is 0 Å². The maximum Gasteiger partial charge on any atom is 0.245 e. The molecule has 1 fully saturated rings. The summed E-state index contributed by atoms with van der Waals surface area (Å²) in [6, 6.07) is 5.53. The van der Waals surface area contributed by atoms with E-state index in [-0.39, 0.29) is 5.82 Å². The van der Waals surface area contributed by atoms with Crippen molar-refractivity contribution in [2.24, 2.45) is 0 Å².